The van der Waals surface area contributed by atoms with E-state index in [1.807, 2.05) is 0 Å². The number of aromatic nitrogens is 1. The number of rotatable bonds is 2. The minimum absolute atomic E-state index is 0.0322. The van der Waals surface area contributed by atoms with Gasteiger partial charge in [-0.3, -0.25) is 0 Å². The van der Waals surface area contributed by atoms with Crippen LogP contribution in [-0.2, 0) is 6.18 Å². The molecule has 1 aliphatic rings. The third-order valence-electron chi connectivity index (χ3n) is 3.26. The number of pyridine rings is 1. The molecule has 0 saturated carbocycles. The van der Waals surface area contributed by atoms with Crippen LogP contribution < -0.4 is 4.90 Å². The summed E-state index contributed by atoms with van der Waals surface area (Å²) in [5.74, 6) is 0.313. The van der Waals surface area contributed by atoms with Crippen LogP contribution in [0.5, 0.6) is 0 Å². The zero-order valence-corrected chi connectivity index (χ0v) is 10.9. The predicted octanol–water partition coefficient (Wildman–Crippen LogP) is 3.11. The maximum atomic E-state index is 12.5. The highest BCUT2D eigenvalue weighted by atomic mass is 35.5. The van der Waals surface area contributed by atoms with E-state index >= 15 is 0 Å². The SMILES string of the molecule is OCC1CCCCN1c1ncc(C(F)(F)F)cc1Cl. The molecule has 2 rings (SSSR count). The van der Waals surface area contributed by atoms with E-state index in [4.69, 9.17) is 11.6 Å². The first-order chi connectivity index (χ1) is 8.93. The van der Waals surface area contributed by atoms with E-state index < -0.39 is 11.7 Å². The molecule has 7 heteroatoms. The normalized spacial score (nSPS) is 20.7. The van der Waals surface area contributed by atoms with Crippen molar-refractivity contribution in [1.82, 2.24) is 4.98 Å². The average Bonchev–Trinajstić information content (AvgIpc) is 2.37. The highest BCUT2D eigenvalue weighted by Crippen LogP contribution is 2.35. The number of hydrogen-bond donors (Lipinski definition) is 1. The van der Waals surface area contributed by atoms with Crippen molar-refractivity contribution in [2.75, 3.05) is 18.1 Å². The van der Waals surface area contributed by atoms with Crippen LogP contribution in [0.4, 0.5) is 19.0 Å². The quantitative estimate of drug-likeness (QED) is 0.910. The lowest BCUT2D eigenvalue weighted by molar-refractivity contribution is -0.137. The molecule has 2 heterocycles. The van der Waals surface area contributed by atoms with Crippen LogP contribution in [0.25, 0.3) is 0 Å². The fourth-order valence-electron chi connectivity index (χ4n) is 2.27. The Morgan fingerprint density at radius 3 is 2.74 bits per heavy atom. The number of aliphatic hydroxyl groups is 1. The molecule has 1 N–H and O–H groups in total. The van der Waals surface area contributed by atoms with E-state index in [0.717, 1.165) is 31.5 Å². The summed E-state index contributed by atoms with van der Waals surface area (Å²) in [5.41, 5.74) is -0.862. The fraction of sp³-hybridized carbons (Fsp3) is 0.583. The Balaban J connectivity index is 2.30. The lowest BCUT2D eigenvalue weighted by Gasteiger charge is -2.36. The van der Waals surface area contributed by atoms with Crippen LogP contribution in [0.15, 0.2) is 12.3 Å². The summed E-state index contributed by atoms with van der Waals surface area (Å²) in [5, 5.41) is 9.27. The van der Waals surface area contributed by atoms with Crippen LogP contribution in [0.3, 0.4) is 0 Å². The van der Waals surface area contributed by atoms with Crippen molar-refractivity contribution in [3.05, 3.63) is 22.8 Å². The molecule has 0 amide bonds. The summed E-state index contributed by atoms with van der Waals surface area (Å²) in [6.07, 6.45) is -0.983. The van der Waals surface area contributed by atoms with E-state index in [0.29, 0.717) is 12.4 Å². The van der Waals surface area contributed by atoms with Crippen molar-refractivity contribution in [2.45, 2.75) is 31.5 Å². The van der Waals surface area contributed by atoms with Crippen molar-refractivity contribution in [3.63, 3.8) is 0 Å². The first-order valence-electron chi connectivity index (χ1n) is 6.03. The van der Waals surface area contributed by atoms with Crippen molar-refractivity contribution in [1.29, 1.82) is 0 Å². The van der Waals surface area contributed by atoms with Gasteiger partial charge >= 0.3 is 6.18 Å². The number of hydrogen-bond acceptors (Lipinski definition) is 3. The van der Waals surface area contributed by atoms with Crippen molar-refractivity contribution < 1.29 is 18.3 Å². The number of alkyl halides is 3. The van der Waals surface area contributed by atoms with Crippen LogP contribution in [-0.4, -0.2) is 29.3 Å². The number of nitrogens with zero attached hydrogens (tertiary/aromatic N) is 2. The molecule has 1 fully saturated rings. The first kappa shape index (κ1) is 14.4. The van der Waals surface area contributed by atoms with E-state index in [9.17, 15) is 18.3 Å². The average molecular weight is 295 g/mol. The molecule has 19 heavy (non-hydrogen) atoms. The molecule has 106 valence electrons. The van der Waals surface area contributed by atoms with Gasteiger partial charge in [0.15, 0.2) is 0 Å². The van der Waals surface area contributed by atoms with E-state index in [-0.39, 0.29) is 17.7 Å². The molecule has 0 aromatic carbocycles. The summed E-state index contributed by atoms with van der Waals surface area (Å²) in [6, 6.07) is 0.753. The maximum absolute atomic E-state index is 12.5. The topological polar surface area (TPSA) is 36.4 Å². The number of halogens is 4. The van der Waals surface area contributed by atoms with Crippen LogP contribution in [0.1, 0.15) is 24.8 Å². The van der Waals surface area contributed by atoms with Crippen LogP contribution in [0.2, 0.25) is 5.02 Å². The van der Waals surface area contributed by atoms with Crippen molar-refractivity contribution in [3.8, 4) is 0 Å². The van der Waals surface area contributed by atoms with E-state index in [1.54, 1.807) is 4.90 Å². The zero-order chi connectivity index (χ0) is 14.0. The summed E-state index contributed by atoms with van der Waals surface area (Å²) < 4.78 is 37.6. The van der Waals surface area contributed by atoms with Gasteiger partial charge in [0.1, 0.15) is 5.82 Å². The van der Waals surface area contributed by atoms with Gasteiger partial charge < -0.3 is 10.0 Å². The smallest absolute Gasteiger partial charge is 0.394 e. The fourth-order valence-corrected chi connectivity index (χ4v) is 2.54. The largest absolute Gasteiger partial charge is 0.417 e. The molecular weight excluding hydrogens is 281 g/mol. The number of piperidine rings is 1. The standard InChI is InChI=1S/C12H14ClF3N2O/c13-10-5-8(12(14,15)16)6-17-11(10)18-4-2-1-3-9(18)7-19/h5-6,9,19H,1-4,7H2. The first-order valence-corrected chi connectivity index (χ1v) is 6.41. The summed E-state index contributed by atoms with van der Waals surface area (Å²) >= 11 is 5.91. The Labute approximate surface area is 114 Å². The van der Waals surface area contributed by atoms with E-state index in [2.05, 4.69) is 4.98 Å². The molecule has 0 aliphatic carbocycles. The minimum Gasteiger partial charge on any atom is -0.394 e. The molecule has 0 bridgehead atoms. The minimum atomic E-state index is -4.45. The maximum Gasteiger partial charge on any atom is 0.417 e. The van der Waals surface area contributed by atoms with Crippen molar-refractivity contribution in [2.24, 2.45) is 0 Å². The zero-order valence-electron chi connectivity index (χ0n) is 10.1. The molecule has 1 aromatic rings. The molecule has 1 unspecified atom stereocenters. The predicted molar refractivity (Wildman–Crippen MR) is 66.3 cm³/mol. The summed E-state index contributed by atoms with van der Waals surface area (Å²) in [7, 11) is 0. The molecule has 0 radical (unpaired) electrons. The summed E-state index contributed by atoms with van der Waals surface area (Å²) in [4.78, 5) is 5.61. The highest BCUT2D eigenvalue weighted by Gasteiger charge is 2.33. The second-order valence-corrected chi connectivity index (χ2v) is 4.96. The molecule has 3 nitrogen and oxygen atoms in total. The Morgan fingerprint density at radius 2 is 2.16 bits per heavy atom. The van der Waals surface area contributed by atoms with Gasteiger partial charge in [-0.05, 0) is 25.3 Å². The molecule has 0 spiro atoms. The Hall–Kier alpha value is -1.01. The Morgan fingerprint density at radius 1 is 1.42 bits per heavy atom. The number of aliphatic hydroxyl groups excluding tert-OH is 1. The van der Waals surface area contributed by atoms with Crippen LogP contribution >= 0.6 is 11.6 Å². The lowest BCUT2D eigenvalue weighted by atomic mass is 10.0. The third-order valence-corrected chi connectivity index (χ3v) is 3.54. The highest BCUT2D eigenvalue weighted by molar-refractivity contribution is 6.33. The monoisotopic (exact) mass is 294 g/mol. The van der Waals surface area contributed by atoms with Gasteiger partial charge in [0.2, 0.25) is 0 Å². The van der Waals surface area contributed by atoms with Gasteiger partial charge in [0.05, 0.1) is 23.2 Å². The molecule has 1 atom stereocenters. The van der Waals surface area contributed by atoms with Crippen LogP contribution in [0, 0.1) is 0 Å². The van der Waals surface area contributed by atoms with Crippen molar-refractivity contribution >= 4 is 17.4 Å². The second-order valence-electron chi connectivity index (χ2n) is 4.55. The van der Waals surface area contributed by atoms with Gasteiger partial charge in [-0.2, -0.15) is 13.2 Å². The lowest BCUT2D eigenvalue weighted by Crippen LogP contribution is -2.42. The van der Waals surface area contributed by atoms with Gasteiger partial charge in [0, 0.05) is 12.7 Å². The number of anilines is 1. The third kappa shape index (κ3) is 3.12. The molecule has 1 aromatic heterocycles. The summed E-state index contributed by atoms with van der Waals surface area (Å²) in [6.45, 7) is 0.586. The van der Waals surface area contributed by atoms with Gasteiger partial charge in [0.25, 0.3) is 0 Å². The Bertz CT molecular complexity index is 453. The van der Waals surface area contributed by atoms with Gasteiger partial charge in [-0.15, -0.1) is 0 Å². The molecule has 1 aliphatic heterocycles. The Kier molecular flexibility index (Phi) is 4.20. The molecular formula is C12H14ClF3N2O. The van der Waals surface area contributed by atoms with Gasteiger partial charge in [-0.25, -0.2) is 4.98 Å². The van der Waals surface area contributed by atoms with E-state index in [1.165, 1.54) is 0 Å². The second kappa shape index (κ2) is 5.54. The van der Waals surface area contributed by atoms with Gasteiger partial charge in [-0.1, -0.05) is 11.6 Å². The molecule has 1 saturated heterocycles.